The molecule has 1 unspecified atom stereocenters. The molecule has 1 aliphatic carbocycles. The summed E-state index contributed by atoms with van der Waals surface area (Å²) in [5.74, 6) is -0.173. The van der Waals surface area contributed by atoms with Gasteiger partial charge in [-0.15, -0.1) is 0 Å². The van der Waals surface area contributed by atoms with Gasteiger partial charge < -0.3 is 10.6 Å². The summed E-state index contributed by atoms with van der Waals surface area (Å²) in [6, 6.07) is 10.8. The predicted molar refractivity (Wildman–Crippen MR) is 80.6 cm³/mol. The molecule has 0 spiro atoms. The molecule has 1 atom stereocenters. The van der Waals surface area contributed by atoms with E-state index in [1.54, 1.807) is 0 Å². The minimum Gasteiger partial charge on any atom is -0.370 e. The minimum atomic E-state index is -0.447. The number of nitrogens with zero attached hydrogens (tertiary/aromatic N) is 1. The van der Waals surface area contributed by atoms with Gasteiger partial charge in [-0.2, -0.15) is 0 Å². The standard InChI is InChI=1S/C16H23N3O/c17-15(20)16(9-4-5-10-16)18-13-8-11-19(12-13)14-6-2-1-3-7-14/h1-3,6-7,13,18H,4-5,8-12H2,(H2,17,20). The summed E-state index contributed by atoms with van der Waals surface area (Å²) < 4.78 is 0. The maximum absolute atomic E-state index is 11.8. The van der Waals surface area contributed by atoms with Gasteiger partial charge in [-0.3, -0.25) is 10.1 Å². The van der Waals surface area contributed by atoms with E-state index in [4.69, 9.17) is 5.73 Å². The third-order valence-corrected chi connectivity index (χ3v) is 4.72. The van der Waals surface area contributed by atoms with Crippen molar-refractivity contribution < 1.29 is 4.79 Å². The molecule has 0 aromatic heterocycles. The lowest BCUT2D eigenvalue weighted by molar-refractivity contribution is -0.124. The SMILES string of the molecule is NC(=O)C1(NC2CCN(c3ccccc3)C2)CCCC1. The van der Waals surface area contributed by atoms with Crippen molar-refractivity contribution in [3.8, 4) is 0 Å². The number of primary amides is 1. The maximum atomic E-state index is 11.8. The Morgan fingerprint density at radius 1 is 1.25 bits per heavy atom. The first kappa shape index (κ1) is 13.4. The smallest absolute Gasteiger partial charge is 0.237 e. The summed E-state index contributed by atoms with van der Waals surface area (Å²) in [7, 11) is 0. The molecule has 4 nitrogen and oxygen atoms in total. The molecular weight excluding hydrogens is 250 g/mol. The van der Waals surface area contributed by atoms with Gasteiger partial charge in [0.25, 0.3) is 0 Å². The summed E-state index contributed by atoms with van der Waals surface area (Å²) in [5, 5.41) is 3.57. The Morgan fingerprint density at radius 3 is 2.60 bits per heavy atom. The van der Waals surface area contributed by atoms with Gasteiger partial charge in [0.15, 0.2) is 0 Å². The lowest BCUT2D eigenvalue weighted by Gasteiger charge is -2.30. The van der Waals surface area contributed by atoms with Gasteiger partial charge in [0, 0.05) is 24.8 Å². The van der Waals surface area contributed by atoms with Crippen LogP contribution in [0.3, 0.4) is 0 Å². The lowest BCUT2D eigenvalue weighted by atomic mass is 9.95. The minimum absolute atomic E-state index is 0.173. The second kappa shape index (κ2) is 5.44. The molecule has 1 heterocycles. The summed E-state index contributed by atoms with van der Waals surface area (Å²) in [6.07, 6.45) is 5.06. The highest BCUT2D eigenvalue weighted by atomic mass is 16.1. The summed E-state index contributed by atoms with van der Waals surface area (Å²) in [5.41, 5.74) is 6.46. The number of benzene rings is 1. The van der Waals surface area contributed by atoms with Gasteiger partial charge in [-0.05, 0) is 31.4 Å². The van der Waals surface area contributed by atoms with Crippen molar-refractivity contribution in [1.29, 1.82) is 0 Å². The Hall–Kier alpha value is -1.55. The van der Waals surface area contributed by atoms with Gasteiger partial charge in [-0.1, -0.05) is 31.0 Å². The van der Waals surface area contributed by atoms with Crippen LogP contribution < -0.4 is 16.0 Å². The first-order valence-corrected chi connectivity index (χ1v) is 7.57. The number of hydrogen-bond donors (Lipinski definition) is 2. The highest BCUT2D eigenvalue weighted by Gasteiger charge is 2.42. The quantitative estimate of drug-likeness (QED) is 0.877. The van der Waals surface area contributed by atoms with Crippen LogP contribution in [0.4, 0.5) is 5.69 Å². The molecule has 1 aromatic carbocycles. The number of nitrogens with two attached hydrogens (primary N) is 1. The van der Waals surface area contributed by atoms with Gasteiger partial charge in [0.1, 0.15) is 0 Å². The Morgan fingerprint density at radius 2 is 1.95 bits per heavy atom. The molecule has 1 aliphatic heterocycles. The molecule has 2 aliphatic rings. The van der Waals surface area contributed by atoms with Crippen LogP contribution in [0.5, 0.6) is 0 Å². The fourth-order valence-electron chi connectivity index (χ4n) is 3.58. The van der Waals surface area contributed by atoms with Gasteiger partial charge in [0.2, 0.25) is 5.91 Å². The van der Waals surface area contributed by atoms with E-state index in [9.17, 15) is 4.79 Å². The van der Waals surface area contributed by atoms with Crippen molar-refractivity contribution in [3.63, 3.8) is 0 Å². The topological polar surface area (TPSA) is 58.4 Å². The van der Waals surface area contributed by atoms with Crippen LogP contribution in [0.15, 0.2) is 30.3 Å². The summed E-state index contributed by atoms with van der Waals surface area (Å²) in [4.78, 5) is 14.2. The van der Waals surface area contributed by atoms with E-state index in [0.717, 1.165) is 45.2 Å². The van der Waals surface area contributed by atoms with E-state index >= 15 is 0 Å². The summed E-state index contributed by atoms with van der Waals surface area (Å²) >= 11 is 0. The molecule has 0 bridgehead atoms. The van der Waals surface area contributed by atoms with E-state index in [-0.39, 0.29) is 5.91 Å². The number of rotatable bonds is 4. The van der Waals surface area contributed by atoms with E-state index in [2.05, 4.69) is 34.5 Å². The molecule has 3 rings (SSSR count). The molecule has 1 saturated heterocycles. The van der Waals surface area contributed by atoms with E-state index in [1.165, 1.54) is 5.69 Å². The molecule has 1 amide bonds. The Labute approximate surface area is 120 Å². The Balaban J connectivity index is 1.64. The summed E-state index contributed by atoms with van der Waals surface area (Å²) in [6.45, 7) is 2.00. The fraction of sp³-hybridized carbons (Fsp3) is 0.562. The zero-order valence-electron chi connectivity index (χ0n) is 11.8. The Kier molecular flexibility index (Phi) is 3.66. The van der Waals surface area contributed by atoms with Crippen LogP contribution >= 0.6 is 0 Å². The molecule has 1 aromatic rings. The van der Waals surface area contributed by atoms with Crippen LogP contribution in [0.1, 0.15) is 32.1 Å². The van der Waals surface area contributed by atoms with Crippen molar-refractivity contribution in [2.45, 2.75) is 43.7 Å². The second-order valence-electron chi connectivity index (χ2n) is 6.06. The molecule has 3 N–H and O–H groups in total. The van der Waals surface area contributed by atoms with Gasteiger partial charge in [-0.25, -0.2) is 0 Å². The highest BCUT2D eigenvalue weighted by molar-refractivity contribution is 5.85. The van der Waals surface area contributed by atoms with E-state index in [0.29, 0.717) is 6.04 Å². The van der Waals surface area contributed by atoms with Crippen LogP contribution in [0, 0.1) is 0 Å². The number of anilines is 1. The van der Waals surface area contributed by atoms with Crippen molar-refractivity contribution in [3.05, 3.63) is 30.3 Å². The van der Waals surface area contributed by atoms with Gasteiger partial charge >= 0.3 is 0 Å². The molecule has 2 fully saturated rings. The van der Waals surface area contributed by atoms with Crippen molar-refractivity contribution in [2.75, 3.05) is 18.0 Å². The maximum Gasteiger partial charge on any atom is 0.237 e. The van der Waals surface area contributed by atoms with Gasteiger partial charge in [0.05, 0.1) is 5.54 Å². The average Bonchev–Trinajstić information content (AvgIpc) is 3.10. The number of amides is 1. The number of nitrogens with one attached hydrogen (secondary N) is 1. The van der Waals surface area contributed by atoms with Crippen molar-refractivity contribution in [2.24, 2.45) is 5.73 Å². The molecule has 4 heteroatoms. The van der Waals surface area contributed by atoms with Crippen molar-refractivity contribution in [1.82, 2.24) is 5.32 Å². The zero-order valence-corrected chi connectivity index (χ0v) is 11.8. The number of para-hydroxylation sites is 1. The van der Waals surface area contributed by atoms with Crippen LogP contribution in [0.25, 0.3) is 0 Å². The van der Waals surface area contributed by atoms with Crippen molar-refractivity contribution >= 4 is 11.6 Å². The molecule has 108 valence electrons. The first-order valence-electron chi connectivity index (χ1n) is 7.57. The number of hydrogen-bond acceptors (Lipinski definition) is 3. The van der Waals surface area contributed by atoms with Crippen LogP contribution in [-0.2, 0) is 4.79 Å². The van der Waals surface area contributed by atoms with Crippen LogP contribution in [0.2, 0.25) is 0 Å². The van der Waals surface area contributed by atoms with E-state index in [1.807, 2.05) is 6.07 Å². The predicted octanol–water partition coefficient (Wildman–Crippen LogP) is 1.65. The largest absolute Gasteiger partial charge is 0.370 e. The normalized spacial score (nSPS) is 25.0. The average molecular weight is 273 g/mol. The molecule has 20 heavy (non-hydrogen) atoms. The number of carbonyl (C=O) groups is 1. The van der Waals surface area contributed by atoms with Crippen LogP contribution in [-0.4, -0.2) is 30.6 Å². The molecule has 0 radical (unpaired) electrons. The monoisotopic (exact) mass is 273 g/mol. The molecular formula is C16H23N3O. The third-order valence-electron chi connectivity index (χ3n) is 4.72. The Bertz CT molecular complexity index is 468. The lowest BCUT2D eigenvalue weighted by Crippen LogP contribution is -2.57. The molecule has 1 saturated carbocycles. The zero-order chi connectivity index (χ0) is 14.0. The van der Waals surface area contributed by atoms with E-state index < -0.39 is 5.54 Å². The first-order chi connectivity index (χ1) is 9.70. The fourth-order valence-corrected chi connectivity index (χ4v) is 3.58. The number of carbonyl (C=O) groups excluding carboxylic acids is 1. The second-order valence-corrected chi connectivity index (χ2v) is 6.06. The third kappa shape index (κ3) is 2.52. The highest BCUT2D eigenvalue weighted by Crippen LogP contribution is 2.31.